The molecule has 0 aromatic rings. The SMILES string of the molecule is C=C(C)CCC[C@]1(C)CCC=C2[C@H]1CC[C@H](C)[C@@]2(C)C[C@H](O)C1=CC(=O)OC1O. The Hall–Kier alpha value is -1.39. The van der Waals surface area contributed by atoms with Gasteiger partial charge < -0.3 is 14.9 Å². The number of allylic oxidation sites excluding steroid dienone is 3. The minimum absolute atomic E-state index is 0.148. The van der Waals surface area contributed by atoms with Gasteiger partial charge in [-0.25, -0.2) is 4.79 Å². The van der Waals surface area contributed by atoms with Gasteiger partial charge in [0.1, 0.15) is 0 Å². The molecule has 4 heteroatoms. The summed E-state index contributed by atoms with van der Waals surface area (Å²) in [5.41, 5.74) is 3.18. The van der Waals surface area contributed by atoms with Gasteiger partial charge in [0.25, 0.3) is 0 Å². The fourth-order valence-electron chi connectivity index (χ4n) is 6.02. The van der Waals surface area contributed by atoms with Crippen LogP contribution in [0.5, 0.6) is 0 Å². The summed E-state index contributed by atoms with van der Waals surface area (Å²) in [4.78, 5) is 11.5. The van der Waals surface area contributed by atoms with E-state index in [1.807, 2.05) is 0 Å². The molecule has 0 saturated heterocycles. The van der Waals surface area contributed by atoms with Crippen molar-refractivity contribution in [2.45, 2.75) is 91.5 Å². The Balaban J connectivity index is 1.81. The van der Waals surface area contributed by atoms with Gasteiger partial charge in [-0.2, -0.15) is 0 Å². The number of rotatable bonds is 7. The molecule has 3 rings (SSSR count). The number of aliphatic hydroxyl groups is 2. The first-order valence-corrected chi connectivity index (χ1v) is 11.2. The van der Waals surface area contributed by atoms with E-state index in [0.717, 1.165) is 19.3 Å². The van der Waals surface area contributed by atoms with E-state index in [4.69, 9.17) is 4.74 Å². The third-order valence-corrected chi connectivity index (χ3v) is 8.08. The maximum Gasteiger partial charge on any atom is 0.333 e. The lowest BCUT2D eigenvalue weighted by atomic mass is 9.50. The molecule has 0 radical (unpaired) electrons. The number of hydrogen-bond acceptors (Lipinski definition) is 4. The number of fused-ring (bicyclic) bond motifs is 1. The molecule has 1 fully saturated rings. The number of carbonyl (C=O) groups is 1. The number of esters is 1. The summed E-state index contributed by atoms with van der Waals surface area (Å²) >= 11 is 0. The fourth-order valence-corrected chi connectivity index (χ4v) is 6.02. The van der Waals surface area contributed by atoms with Crippen LogP contribution in [0.2, 0.25) is 0 Å². The number of ether oxygens (including phenoxy) is 1. The third kappa shape index (κ3) is 4.39. The molecule has 1 saturated carbocycles. The largest absolute Gasteiger partial charge is 0.429 e. The molecule has 0 aromatic carbocycles. The minimum atomic E-state index is -1.32. The molecule has 0 aromatic heterocycles. The van der Waals surface area contributed by atoms with Crippen molar-refractivity contribution in [3.63, 3.8) is 0 Å². The molecule has 0 amide bonds. The van der Waals surface area contributed by atoms with Gasteiger partial charge in [0.05, 0.1) is 6.10 Å². The van der Waals surface area contributed by atoms with Crippen LogP contribution in [-0.2, 0) is 9.53 Å². The van der Waals surface area contributed by atoms with Gasteiger partial charge in [0.2, 0.25) is 6.29 Å². The van der Waals surface area contributed by atoms with Crippen LogP contribution in [0.15, 0.2) is 35.5 Å². The number of carbonyl (C=O) groups excluding carboxylic acids is 1. The number of cyclic esters (lactones) is 1. The molecule has 29 heavy (non-hydrogen) atoms. The Morgan fingerprint density at radius 3 is 2.72 bits per heavy atom. The molecule has 1 heterocycles. The Kier molecular flexibility index (Phi) is 6.45. The van der Waals surface area contributed by atoms with Crippen LogP contribution in [0, 0.1) is 22.7 Å². The standard InChI is InChI=1S/C25H38O4/c1-16(2)8-6-12-24(4)13-7-9-20-19(24)11-10-17(3)25(20,5)15-21(26)18-14-22(27)29-23(18)28/h9,14,17,19,21,23,26,28H,1,6-8,10-13,15H2,2-5H3/t17-,19+,21-,23?,24+,25+/m0/s1. The first-order valence-electron chi connectivity index (χ1n) is 11.2. The zero-order chi connectivity index (χ0) is 21.4. The molecule has 3 aliphatic rings. The quantitative estimate of drug-likeness (QED) is 0.461. The van der Waals surface area contributed by atoms with Gasteiger partial charge in [-0.15, -0.1) is 6.58 Å². The van der Waals surface area contributed by atoms with E-state index >= 15 is 0 Å². The normalized spacial score (nSPS) is 38.0. The van der Waals surface area contributed by atoms with Gasteiger partial charge in [-0.05, 0) is 81.0 Å². The second kappa shape index (κ2) is 8.39. The van der Waals surface area contributed by atoms with Crippen molar-refractivity contribution in [2.24, 2.45) is 22.7 Å². The summed E-state index contributed by atoms with van der Waals surface area (Å²) in [7, 11) is 0. The lowest BCUT2D eigenvalue weighted by molar-refractivity contribution is -0.152. The molecule has 2 aliphatic carbocycles. The molecule has 6 atom stereocenters. The first kappa shape index (κ1) is 22.3. The van der Waals surface area contributed by atoms with Crippen molar-refractivity contribution < 1.29 is 19.7 Å². The predicted molar refractivity (Wildman–Crippen MR) is 115 cm³/mol. The van der Waals surface area contributed by atoms with Crippen LogP contribution in [0.4, 0.5) is 0 Å². The average Bonchev–Trinajstić information content (AvgIpc) is 2.97. The molecule has 0 spiro atoms. The second-order valence-corrected chi connectivity index (χ2v) is 10.3. The molecule has 0 bridgehead atoms. The molecule has 4 nitrogen and oxygen atoms in total. The highest BCUT2D eigenvalue weighted by molar-refractivity contribution is 5.85. The van der Waals surface area contributed by atoms with Gasteiger partial charge >= 0.3 is 5.97 Å². The van der Waals surface area contributed by atoms with Gasteiger partial charge in [0, 0.05) is 11.6 Å². The first-order chi connectivity index (χ1) is 13.6. The molecule has 2 N–H and O–H groups in total. The van der Waals surface area contributed by atoms with Crippen molar-refractivity contribution >= 4 is 5.97 Å². The van der Waals surface area contributed by atoms with Crippen molar-refractivity contribution in [1.82, 2.24) is 0 Å². The fraction of sp³-hybridized carbons (Fsp3) is 0.720. The highest BCUT2D eigenvalue weighted by atomic mass is 16.6. The lowest BCUT2D eigenvalue weighted by Crippen LogP contribution is -2.45. The Labute approximate surface area is 175 Å². The zero-order valence-corrected chi connectivity index (χ0v) is 18.5. The van der Waals surface area contributed by atoms with Crippen molar-refractivity contribution in [1.29, 1.82) is 0 Å². The summed E-state index contributed by atoms with van der Waals surface area (Å²) in [5.74, 6) is 0.400. The second-order valence-electron chi connectivity index (χ2n) is 10.3. The van der Waals surface area contributed by atoms with E-state index in [2.05, 4.69) is 40.3 Å². The summed E-state index contributed by atoms with van der Waals surface area (Å²) in [6.07, 6.45) is 10.1. The summed E-state index contributed by atoms with van der Waals surface area (Å²) in [5, 5.41) is 20.9. The Bertz CT molecular complexity index is 720. The van der Waals surface area contributed by atoms with Gasteiger partial charge in [0.15, 0.2) is 0 Å². The Morgan fingerprint density at radius 2 is 2.10 bits per heavy atom. The lowest BCUT2D eigenvalue weighted by Gasteiger charge is -2.54. The van der Waals surface area contributed by atoms with Gasteiger partial charge in [-0.1, -0.05) is 38.0 Å². The highest BCUT2D eigenvalue weighted by Crippen LogP contribution is 2.59. The van der Waals surface area contributed by atoms with E-state index in [0.29, 0.717) is 23.8 Å². The maximum atomic E-state index is 11.5. The average molecular weight is 403 g/mol. The third-order valence-electron chi connectivity index (χ3n) is 8.08. The van der Waals surface area contributed by atoms with Crippen molar-refractivity contribution in [3.05, 3.63) is 35.5 Å². The topological polar surface area (TPSA) is 66.8 Å². The van der Waals surface area contributed by atoms with Crippen LogP contribution in [0.25, 0.3) is 0 Å². The highest BCUT2D eigenvalue weighted by Gasteiger charge is 2.50. The molecule has 1 aliphatic heterocycles. The van der Waals surface area contributed by atoms with Crippen LogP contribution in [0.1, 0.15) is 79.1 Å². The van der Waals surface area contributed by atoms with Crippen LogP contribution >= 0.6 is 0 Å². The summed E-state index contributed by atoms with van der Waals surface area (Å²) < 4.78 is 4.79. The molecular formula is C25H38O4. The van der Waals surface area contributed by atoms with Crippen LogP contribution in [-0.4, -0.2) is 28.6 Å². The predicted octanol–water partition coefficient (Wildman–Crippen LogP) is 5.06. The molecular weight excluding hydrogens is 364 g/mol. The van der Waals surface area contributed by atoms with E-state index in [-0.39, 0.29) is 10.8 Å². The smallest absolute Gasteiger partial charge is 0.333 e. The monoisotopic (exact) mass is 402 g/mol. The maximum absolute atomic E-state index is 11.5. The van der Waals surface area contributed by atoms with E-state index in [9.17, 15) is 15.0 Å². The van der Waals surface area contributed by atoms with Gasteiger partial charge in [-0.3, -0.25) is 0 Å². The molecule has 162 valence electrons. The van der Waals surface area contributed by atoms with Crippen molar-refractivity contribution in [3.8, 4) is 0 Å². The van der Waals surface area contributed by atoms with E-state index < -0.39 is 18.4 Å². The zero-order valence-electron chi connectivity index (χ0n) is 18.5. The van der Waals surface area contributed by atoms with E-state index in [1.54, 1.807) is 0 Å². The summed E-state index contributed by atoms with van der Waals surface area (Å²) in [6.45, 7) is 13.2. The van der Waals surface area contributed by atoms with Crippen LogP contribution in [0.3, 0.4) is 0 Å². The van der Waals surface area contributed by atoms with Crippen molar-refractivity contribution in [2.75, 3.05) is 0 Å². The number of hydrogen-bond donors (Lipinski definition) is 2. The minimum Gasteiger partial charge on any atom is -0.429 e. The Morgan fingerprint density at radius 1 is 1.38 bits per heavy atom. The number of aliphatic hydroxyl groups excluding tert-OH is 2. The summed E-state index contributed by atoms with van der Waals surface area (Å²) in [6, 6.07) is 0. The van der Waals surface area contributed by atoms with Crippen LogP contribution < -0.4 is 0 Å². The van der Waals surface area contributed by atoms with E-state index in [1.165, 1.54) is 42.9 Å². The molecule has 1 unspecified atom stereocenters.